The number of nitrogens with one attached hydrogen (secondary N) is 2. The Labute approximate surface area is 89.9 Å². The maximum absolute atomic E-state index is 11.3. The van der Waals surface area contributed by atoms with Crippen LogP contribution in [0, 0.1) is 0 Å². The van der Waals surface area contributed by atoms with Gasteiger partial charge in [0.1, 0.15) is 0 Å². The normalized spacial score (nSPS) is 13.5. The molecule has 1 atom stereocenters. The SMILES string of the molecule is CNS(=O)(=O)Nc1ccccc1C(C)N. The van der Waals surface area contributed by atoms with Gasteiger partial charge in [-0.2, -0.15) is 8.42 Å². The highest BCUT2D eigenvalue weighted by atomic mass is 32.2. The summed E-state index contributed by atoms with van der Waals surface area (Å²) in [6.07, 6.45) is 0. The third kappa shape index (κ3) is 3.19. The fourth-order valence-corrected chi connectivity index (χ4v) is 1.76. The Balaban J connectivity index is 3.05. The van der Waals surface area contributed by atoms with E-state index in [-0.39, 0.29) is 6.04 Å². The minimum absolute atomic E-state index is 0.222. The van der Waals surface area contributed by atoms with E-state index in [0.717, 1.165) is 5.56 Å². The van der Waals surface area contributed by atoms with E-state index in [1.54, 1.807) is 25.1 Å². The maximum Gasteiger partial charge on any atom is 0.298 e. The minimum Gasteiger partial charge on any atom is -0.324 e. The summed E-state index contributed by atoms with van der Waals surface area (Å²) in [4.78, 5) is 0. The highest BCUT2D eigenvalue weighted by molar-refractivity contribution is 7.90. The monoisotopic (exact) mass is 229 g/mol. The molecule has 0 aliphatic rings. The number of hydrogen-bond donors (Lipinski definition) is 3. The first-order valence-electron chi connectivity index (χ1n) is 4.52. The fourth-order valence-electron chi connectivity index (χ4n) is 1.18. The van der Waals surface area contributed by atoms with Crippen LogP contribution in [0.3, 0.4) is 0 Å². The highest BCUT2D eigenvalue weighted by Gasteiger charge is 2.11. The van der Waals surface area contributed by atoms with E-state index in [1.807, 2.05) is 6.07 Å². The van der Waals surface area contributed by atoms with Crippen LogP contribution >= 0.6 is 0 Å². The first-order valence-corrected chi connectivity index (χ1v) is 6.00. The molecule has 0 fully saturated rings. The smallest absolute Gasteiger partial charge is 0.298 e. The summed E-state index contributed by atoms with van der Waals surface area (Å²) in [5.74, 6) is 0. The molecule has 0 saturated heterocycles. The molecule has 1 unspecified atom stereocenters. The molecule has 0 radical (unpaired) electrons. The summed E-state index contributed by atoms with van der Waals surface area (Å²) in [6, 6.07) is 6.81. The number of anilines is 1. The topological polar surface area (TPSA) is 84.2 Å². The Bertz CT molecular complexity index is 429. The summed E-state index contributed by atoms with van der Waals surface area (Å²) in [7, 11) is -2.14. The first kappa shape index (κ1) is 12.0. The van der Waals surface area contributed by atoms with Crippen LogP contribution in [0.25, 0.3) is 0 Å². The number of hydrogen-bond acceptors (Lipinski definition) is 3. The van der Waals surface area contributed by atoms with Gasteiger partial charge in [-0.05, 0) is 18.6 Å². The molecule has 84 valence electrons. The van der Waals surface area contributed by atoms with Crippen molar-refractivity contribution in [3.63, 3.8) is 0 Å². The average molecular weight is 229 g/mol. The fraction of sp³-hybridized carbons (Fsp3) is 0.333. The van der Waals surface area contributed by atoms with E-state index in [9.17, 15) is 8.42 Å². The Morgan fingerprint density at radius 1 is 1.33 bits per heavy atom. The Morgan fingerprint density at radius 3 is 2.47 bits per heavy atom. The molecule has 15 heavy (non-hydrogen) atoms. The lowest BCUT2D eigenvalue weighted by Gasteiger charge is -2.13. The van der Waals surface area contributed by atoms with Crippen LogP contribution in [0.2, 0.25) is 0 Å². The third-order valence-electron chi connectivity index (χ3n) is 1.96. The van der Waals surface area contributed by atoms with Gasteiger partial charge in [-0.3, -0.25) is 4.72 Å². The molecule has 0 aromatic heterocycles. The van der Waals surface area contributed by atoms with Gasteiger partial charge in [0.15, 0.2) is 0 Å². The second-order valence-corrected chi connectivity index (χ2v) is 4.80. The van der Waals surface area contributed by atoms with Crippen molar-refractivity contribution in [3.8, 4) is 0 Å². The highest BCUT2D eigenvalue weighted by Crippen LogP contribution is 2.21. The Kier molecular flexibility index (Phi) is 3.67. The lowest BCUT2D eigenvalue weighted by molar-refractivity contribution is 0.593. The molecule has 0 heterocycles. The molecule has 1 aromatic carbocycles. The zero-order chi connectivity index (χ0) is 11.5. The number of benzene rings is 1. The van der Waals surface area contributed by atoms with E-state index in [0.29, 0.717) is 5.69 Å². The Morgan fingerprint density at radius 2 is 1.93 bits per heavy atom. The van der Waals surface area contributed by atoms with Gasteiger partial charge in [0.2, 0.25) is 0 Å². The third-order valence-corrected chi connectivity index (χ3v) is 2.99. The van der Waals surface area contributed by atoms with Gasteiger partial charge in [-0.1, -0.05) is 18.2 Å². The van der Waals surface area contributed by atoms with Crippen molar-refractivity contribution in [2.75, 3.05) is 11.8 Å². The summed E-state index contributed by atoms with van der Waals surface area (Å²) in [5.41, 5.74) is 6.98. The van der Waals surface area contributed by atoms with Crippen LogP contribution in [0.4, 0.5) is 5.69 Å². The van der Waals surface area contributed by atoms with E-state index in [4.69, 9.17) is 5.73 Å². The van der Waals surface area contributed by atoms with E-state index < -0.39 is 10.2 Å². The molecule has 6 heteroatoms. The molecule has 0 bridgehead atoms. The molecule has 0 saturated carbocycles. The van der Waals surface area contributed by atoms with Crippen molar-refractivity contribution >= 4 is 15.9 Å². The van der Waals surface area contributed by atoms with Crippen molar-refractivity contribution in [2.24, 2.45) is 5.73 Å². The largest absolute Gasteiger partial charge is 0.324 e. The quantitative estimate of drug-likeness (QED) is 0.706. The predicted octanol–water partition coefficient (Wildman–Crippen LogP) is 0.582. The van der Waals surface area contributed by atoms with E-state index >= 15 is 0 Å². The maximum atomic E-state index is 11.3. The summed E-state index contributed by atoms with van der Waals surface area (Å²) >= 11 is 0. The summed E-state index contributed by atoms with van der Waals surface area (Å²) < 4.78 is 27.1. The van der Waals surface area contributed by atoms with Crippen molar-refractivity contribution in [1.29, 1.82) is 0 Å². The van der Waals surface area contributed by atoms with Crippen LogP contribution in [0.15, 0.2) is 24.3 Å². The molecule has 5 nitrogen and oxygen atoms in total. The van der Waals surface area contributed by atoms with Crippen LogP contribution in [0.5, 0.6) is 0 Å². The number of nitrogens with two attached hydrogens (primary N) is 1. The van der Waals surface area contributed by atoms with Crippen molar-refractivity contribution in [3.05, 3.63) is 29.8 Å². The molecule has 1 rings (SSSR count). The van der Waals surface area contributed by atoms with Crippen molar-refractivity contribution < 1.29 is 8.42 Å². The van der Waals surface area contributed by atoms with E-state index in [2.05, 4.69) is 9.44 Å². The summed E-state index contributed by atoms with van der Waals surface area (Å²) in [5, 5.41) is 0. The average Bonchev–Trinajstić information content (AvgIpc) is 2.18. The van der Waals surface area contributed by atoms with Gasteiger partial charge in [-0.15, -0.1) is 0 Å². The Hall–Kier alpha value is -1.11. The van der Waals surface area contributed by atoms with E-state index in [1.165, 1.54) is 7.05 Å². The number of para-hydroxylation sites is 1. The van der Waals surface area contributed by atoms with Gasteiger partial charge < -0.3 is 5.73 Å². The first-order chi connectivity index (χ1) is 6.96. The minimum atomic E-state index is -3.48. The second-order valence-electron chi connectivity index (χ2n) is 3.19. The zero-order valence-electron chi connectivity index (χ0n) is 8.69. The van der Waals surface area contributed by atoms with Crippen molar-refractivity contribution in [2.45, 2.75) is 13.0 Å². The molecule has 0 aliphatic carbocycles. The lowest BCUT2D eigenvalue weighted by Crippen LogP contribution is -2.27. The molecule has 4 N–H and O–H groups in total. The second kappa shape index (κ2) is 4.61. The summed E-state index contributed by atoms with van der Waals surface area (Å²) in [6.45, 7) is 1.80. The van der Waals surface area contributed by atoms with Crippen LogP contribution < -0.4 is 15.2 Å². The molecular weight excluding hydrogens is 214 g/mol. The lowest BCUT2D eigenvalue weighted by atomic mass is 10.1. The molecule has 0 spiro atoms. The van der Waals surface area contributed by atoms with Gasteiger partial charge in [0.25, 0.3) is 10.2 Å². The van der Waals surface area contributed by atoms with Gasteiger partial charge in [-0.25, -0.2) is 4.72 Å². The van der Waals surface area contributed by atoms with Gasteiger partial charge in [0, 0.05) is 13.1 Å². The molecule has 1 aromatic rings. The van der Waals surface area contributed by atoms with Crippen LogP contribution in [-0.2, 0) is 10.2 Å². The van der Waals surface area contributed by atoms with Crippen LogP contribution in [-0.4, -0.2) is 15.5 Å². The molecule has 0 amide bonds. The van der Waals surface area contributed by atoms with Gasteiger partial charge >= 0.3 is 0 Å². The van der Waals surface area contributed by atoms with Gasteiger partial charge in [0.05, 0.1) is 5.69 Å². The molecule has 0 aliphatic heterocycles. The zero-order valence-corrected chi connectivity index (χ0v) is 9.51. The molecular formula is C9H15N3O2S. The van der Waals surface area contributed by atoms with Crippen LogP contribution in [0.1, 0.15) is 18.5 Å². The predicted molar refractivity (Wildman–Crippen MR) is 60.6 cm³/mol. The standard InChI is InChI=1S/C9H15N3O2S/c1-7(10)8-5-3-4-6-9(8)12-15(13,14)11-2/h3-7,11-12H,10H2,1-2H3. The van der Waals surface area contributed by atoms with Crippen molar-refractivity contribution in [1.82, 2.24) is 4.72 Å². The number of rotatable bonds is 4.